The highest BCUT2D eigenvalue weighted by Crippen LogP contribution is 2.08. The quantitative estimate of drug-likeness (QED) is 0.786. The number of nitrogens with one attached hydrogen (secondary N) is 1. The molecule has 5 nitrogen and oxygen atoms in total. The van der Waals surface area contributed by atoms with Crippen LogP contribution in [0, 0.1) is 0 Å². The molecule has 0 bridgehead atoms. The Bertz CT molecular complexity index is 379. The van der Waals surface area contributed by atoms with Crippen molar-refractivity contribution >= 4 is 11.7 Å². The summed E-state index contributed by atoms with van der Waals surface area (Å²) in [5, 5.41) is 2.85. The van der Waals surface area contributed by atoms with Gasteiger partial charge in [-0.05, 0) is 27.0 Å². The van der Waals surface area contributed by atoms with E-state index in [1.807, 2.05) is 37.9 Å². The fraction of sp³-hybridized carbons (Fsp3) is 0.500. The summed E-state index contributed by atoms with van der Waals surface area (Å²) in [6, 6.07) is 3.92. The van der Waals surface area contributed by atoms with Crippen LogP contribution in [0.1, 0.15) is 19.4 Å². The van der Waals surface area contributed by atoms with Crippen molar-refractivity contribution in [2.24, 2.45) is 0 Å². The number of likely N-dealkylation sites (N-methyl/N-ethyl adjacent to an activating group) is 1. The van der Waals surface area contributed by atoms with Gasteiger partial charge in [0.05, 0.1) is 6.54 Å². The van der Waals surface area contributed by atoms with E-state index in [1.165, 1.54) is 0 Å². The lowest BCUT2D eigenvalue weighted by Crippen LogP contribution is -2.38. The number of nitrogens with zero attached hydrogens (tertiary/aromatic N) is 2. The molecule has 0 radical (unpaired) electrons. The Kier molecular flexibility index (Phi) is 4.90. The van der Waals surface area contributed by atoms with Gasteiger partial charge in [-0.15, -0.1) is 0 Å². The fourth-order valence-electron chi connectivity index (χ4n) is 1.54. The van der Waals surface area contributed by atoms with Gasteiger partial charge in [0.2, 0.25) is 5.91 Å². The Hall–Kier alpha value is -1.62. The summed E-state index contributed by atoms with van der Waals surface area (Å²) in [7, 11) is 1.88. The van der Waals surface area contributed by atoms with Crippen LogP contribution in [0.5, 0.6) is 0 Å². The predicted molar refractivity (Wildman–Crippen MR) is 68.3 cm³/mol. The molecule has 1 aromatic heterocycles. The van der Waals surface area contributed by atoms with Crippen LogP contribution in [-0.2, 0) is 11.3 Å². The summed E-state index contributed by atoms with van der Waals surface area (Å²) < 4.78 is 0. The molecule has 0 aliphatic heterocycles. The maximum absolute atomic E-state index is 11.5. The number of carbonyl (C=O) groups is 1. The Morgan fingerprint density at radius 3 is 2.88 bits per heavy atom. The first-order chi connectivity index (χ1) is 7.99. The Labute approximate surface area is 102 Å². The Balaban J connectivity index is 2.47. The summed E-state index contributed by atoms with van der Waals surface area (Å²) in [5.41, 5.74) is 6.68. The van der Waals surface area contributed by atoms with Gasteiger partial charge in [-0.1, -0.05) is 6.07 Å². The van der Waals surface area contributed by atoms with E-state index in [0.29, 0.717) is 18.9 Å². The van der Waals surface area contributed by atoms with Gasteiger partial charge in [-0.25, -0.2) is 4.98 Å². The van der Waals surface area contributed by atoms with Crippen LogP contribution >= 0.6 is 0 Å². The van der Waals surface area contributed by atoms with Crippen molar-refractivity contribution in [3.8, 4) is 0 Å². The van der Waals surface area contributed by atoms with E-state index < -0.39 is 0 Å². The van der Waals surface area contributed by atoms with Gasteiger partial charge in [0.25, 0.3) is 0 Å². The van der Waals surface area contributed by atoms with Crippen molar-refractivity contribution in [1.82, 2.24) is 15.2 Å². The predicted octanol–water partition coefficient (Wildman–Crippen LogP) is 0.620. The number of rotatable bonds is 5. The maximum Gasteiger partial charge on any atom is 0.234 e. The Morgan fingerprint density at radius 2 is 2.29 bits per heavy atom. The van der Waals surface area contributed by atoms with E-state index in [-0.39, 0.29) is 11.9 Å². The third-order valence-electron chi connectivity index (χ3n) is 2.23. The number of aromatic nitrogens is 1. The van der Waals surface area contributed by atoms with Crippen LogP contribution in [0.4, 0.5) is 5.82 Å². The number of amides is 1. The molecule has 0 spiro atoms. The topological polar surface area (TPSA) is 71.2 Å². The zero-order valence-corrected chi connectivity index (χ0v) is 10.6. The minimum Gasteiger partial charge on any atom is -0.383 e. The van der Waals surface area contributed by atoms with Crippen LogP contribution in [-0.4, -0.2) is 35.4 Å². The third kappa shape index (κ3) is 4.82. The van der Waals surface area contributed by atoms with Gasteiger partial charge in [-0.3, -0.25) is 9.69 Å². The molecule has 0 aromatic carbocycles. The van der Waals surface area contributed by atoms with Crippen molar-refractivity contribution in [2.45, 2.75) is 26.4 Å². The van der Waals surface area contributed by atoms with Crippen LogP contribution in [0.2, 0.25) is 0 Å². The van der Waals surface area contributed by atoms with Crippen LogP contribution in [0.15, 0.2) is 18.3 Å². The molecule has 0 aliphatic rings. The third-order valence-corrected chi connectivity index (χ3v) is 2.23. The molecule has 0 atom stereocenters. The molecule has 17 heavy (non-hydrogen) atoms. The van der Waals surface area contributed by atoms with Crippen molar-refractivity contribution in [3.63, 3.8) is 0 Å². The molecule has 3 N–H and O–H groups in total. The number of nitrogens with two attached hydrogens (primary N) is 1. The van der Waals surface area contributed by atoms with Gasteiger partial charge >= 0.3 is 0 Å². The molecular formula is C12H20N4O. The first-order valence-electron chi connectivity index (χ1n) is 5.66. The second-order valence-electron chi connectivity index (χ2n) is 4.44. The van der Waals surface area contributed by atoms with Gasteiger partial charge in [-0.2, -0.15) is 0 Å². The summed E-state index contributed by atoms with van der Waals surface area (Å²) in [5.74, 6) is 0.536. The van der Waals surface area contributed by atoms with Crippen molar-refractivity contribution < 1.29 is 4.79 Å². The molecule has 1 rings (SSSR count). The first-order valence-corrected chi connectivity index (χ1v) is 5.66. The summed E-state index contributed by atoms with van der Waals surface area (Å²) in [6.07, 6.45) is 1.66. The number of hydrogen-bond acceptors (Lipinski definition) is 4. The van der Waals surface area contributed by atoms with Crippen molar-refractivity contribution in [1.29, 1.82) is 0 Å². The van der Waals surface area contributed by atoms with Gasteiger partial charge in [0, 0.05) is 24.3 Å². The highest BCUT2D eigenvalue weighted by Gasteiger charge is 2.09. The molecule has 0 saturated carbocycles. The SMILES string of the molecule is CC(C)NC(=O)CN(C)Cc1cccnc1N. The average Bonchev–Trinajstić information content (AvgIpc) is 2.19. The van der Waals surface area contributed by atoms with Gasteiger partial charge < -0.3 is 11.1 Å². The summed E-state index contributed by atoms with van der Waals surface area (Å²) in [4.78, 5) is 17.5. The summed E-state index contributed by atoms with van der Waals surface area (Å²) in [6.45, 7) is 4.85. The van der Waals surface area contributed by atoms with E-state index in [4.69, 9.17) is 5.73 Å². The zero-order valence-electron chi connectivity index (χ0n) is 10.6. The normalized spacial score (nSPS) is 10.9. The molecule has 1 aromatic rings. The number of carbonyl (C=O) groups excluding carboxylic acids is 1. The van der Waals surface area contributed by atoms with Crippen LogP contribution in [0.25, 0.3) is 0 Å². The molecule has 94 valence electrons. The molecule has 5 heteroatoms. The van der Waals surface area contributed by atoms with Crippen LogP contribution < -0.4 is 11.1 Å². The number of pyridine rings is 1. The average molecular weight is 236 g/mol. The molecular weight excluding hydrogens is 216 g/mol. The van der Waals surface area contributed by atoms with E-state index in [9.17, 15) is 4.79 Å². The minimum atomic E-state index is 0.0185. The second kappa shape index (κ2) is 6.20. The van der Waals surface area contributed by atoms with E-state index in [2.05, 4.69) is 10.3 Å². The lowest BCUT2D eigenvalue weighted by atomic mass is 10.2. The van der Waals surface area contributed by atoms with Gasteiger partial charge in [0.1, 0.15) is 5.82 Å². The highest BCUT2D eigenvalue weighted by molar-refractivity contribution is 5.78. The lowest BCUT2D eigenvalue weighted by Gasteiger charge is -2.18. The molecule has 1 heterocycles. The Morgan fingerprint density at radius 1 is 1.59 bits per heavy atom. The van der Waals surface area contributed by atoms with Crippen LogP contribution in [0.3, 0.4) is 0 Å². The van der Waals surface area contributed by atoms with Crippen molar-refractivity contribution in [3.05, 3.63) is 23.9 Å². The minimum absolute atomic E-state index is 0.0185. The van der Waals surface area contributed by atoms with Crippen molar-refractivity contribution in [2.75, 3.05) is 19.3 Å². The molecule has 0 aliphatic carbocycles. The second-order valence-corrected chi connectivity index (χ2v) is 4.44. The van der Waals surface area contributed by atoms with E-state index >= 15 is 0 Å². The van der Waals surface area contributed by atoms with Gasteiger partial charge in [0.15, 0.2) is 0 Å². The first kappa shape index (κ1) is 13.4. The van der Waals surface area contributed by atoms with E-state index in [0.717, 1.165) is 5.56 Å². The number of anilines is 1. The number of hydrogen-bond donors (Lipinski definition) is 2. The maximum atomic E-state index is 11.5. The zero-order chi connectivity index (χ0) is 12.8. The molecule has 0 saturated heterocycles. The standard InChI is InChI=1S/C12H20N4O/c1-9(2)15-11(17)8-16(3)7-10-5-4-6-14-12(10)13/h4-6,9H,7-8H2,1-3H3,(H2,13,14)(H,15,17). The lowest BCUT2D eigenvalue weighted by molar-refractivity contribution is -0.122. The number of nitrogen functional groups attached to an aromatic ring is 1. The fourth-order valence-corrected chi connectivity index (χ4v) is 1.54. The van der Waals surface area contributed by atoms with E-state index in [1.54, 1.807) is 6.20 Å². The summed E-state index contributed by atoms with van der Waals surface area (Å²) >= 11 is 0. The molecule has 1 amide bonds. The highest BCUT2D eigenvalue weighted by atomic mass is 16.2. The largest absolute Gasteiger partial charge is 0.383 e. The molecule has 0 fully saturated rings. The smallest absolute Gasteiger partial charge is 0.234 e. The molecule has 0 unspecified atom stereocenters. The monoisotopic (exact) mass is 236 g/mol.